The van der Waals surface area contributed by atoms with E-state index in [0.29, 0.717) is 13.2 Å². The first-order valence-corrected chi connectivity index (χ1v) is 4.07. The number of amides is 1. The van der Waals surface area contributed by atoms with Crippen LogP contribution in [-0.2, 0) is 4.74 Å². The molecule has 12 heavy (non-hydrogen) atoms. The summed E-state index contributed by atoms with van der Waals surface area (Å²) in [5.74, 6) is 0. The minimum Gasteiger partial charge on any atom is -0.447 e. The fourth-order valence-electron chi connectivity index (χ4n) is 1.58. The molecule has 1 N–H and O–H groups in total. The molecule has 0 aliphatic carbocycles. The maximum absolute atomic E-state index is 11.1. The Kier molecular flexibility index (Phi) is 1.77. The molecule has 0 spiro atoms. The van der Waals surface area contributed by atoms with Gasteiger partial charge in [-0.15, -0.1) is 0 Å². The summed E-state index contributed by atoms with van der Waals surface area (Å²) in [4.78, 5) is 12.7. The molecule has 0 saturated carbocycles. The Morgan fingerprint density at radius 2 is 2.50 bits per heavy atom. The van der Waals surface area contributed by atoms with E-state index >= 15 is 0 Å². The van der Waals surface area contributed by atoms with E-state index in [-0.39, 0.29) is 12.1 Å². The predicted octanol–water partition coefficient (Wildman–Crippen LogP) is 0.128. The number of carbonyl (C=O) groups is 1. The average molecular weight is 169 g/mol. The van der Waals surface area contributed by atoms with E-state index in [4.69, 9.17) is 4.74 Å². The minimum absolute atomic E-state index is 0.170. The molecule has 0 aromatic rings. The molecule has 2 aliphatic heterocycles. The van der Waals surface area contributed by atoms with Crippen molar-refractivity contribution in [3.05, 3.63) is 12.2 Å². The van der Waals surface area contributed by atoms with E-state index in [1.807, 2.05) is 6.08 Å². The van der Waals surface area contributed by atoms with Gasteiger partial charge in [0.05, 0.1) is 12.1 Å². The quantitative estimate of drug-likeness (QED) is 0.524. The molecule has 4 heteroatoms. The fraction of sp³-hybridized carbons (Fsp3) is 0.625. The van der Waals surface area contributed by atoms with Gasteiger partial charge in [0, 0.05) is 6.54 Å². The molecule has 0 aromatic carbocycles. The van der Waals surface area contributed by atoms with Crippen molar-refractivity contribution in [3.63, 3.8) is 0 Å². The topological polar surface area (TPSA) is 49.8 Å². The van der Waals surface area contributed by atoms with Gasteiger partial charge in [0.15, 0.2) is 0 Å². The third kappa shape index (κ3) is 1.08. The van der Waals surface area contributed by atoms with Gasteiger partial charge in [0.25, 0.3) is 0 Å². The van der Waals surface area contributed by atoms with Crippen molar-refractivity contribution in [1.29, 1.82) is 0 Å². The second-order valence-corrected chi connectivity index (χ2v) is 3.05. The lowest BCUT2D eigenvalue weighted by Crippen LogP contribution is -2.40. The van der Waals surface area contributed by atoms with Crippen LogP contribution in [0.3, 0.4) is 0 Å². The van der Waals surface area contributed by atoms with Crippen molar-refractivity contribution in [1.82, 2.24) is 4.90 Å². The van der Waals surface area contributed by atoms with Crippen LogP contribution in [0.4, 0.5) is 4.79 Å². The second-order valence-electron chi connectivity index (χ2n) is 3.05. The van der Waals surface area contributed by atoms with Crippen LogP contribution >= 0.6 is 0 Å². The van der Waals surface area contributed by atoms with Crippen molar-refractivity contribution in [2.45, 2.75) is 18.6 Å². The molecule has 2 rings (SSSR count). The largest absolute Gasteiger partial charge is 0.447 e. The minimum atomic E-state index is -0.570. The second kappa shape index (κ2) is 2.79. The summed E-state index contributed by atoms with van der Waals surface area (Å²) < 4.78 is 4.82. The summed E-state index contributed by atoms with van der Waals surface area (Å²) >= 11 is 0. The van der Waals surface area contributed by atoms with Gasteiger partial charge in [-0.2, -0.15) is 0 Å². The Hall–Kier alpha value is -1.03. The molecule has 66 valence electrons. The van der Waals surface area contributed by atoms with Gasteiger partial charge in [0.1, 0.15) is 6.61 Å². The highest BCUT2D eigenvalue weighted by Gasteiger charge is 2.37. The van der Waals surface area contributed by atoms with Crippen LogP contribution in [0.1, 0.15) is 6.42 Å². The van der Waals surface area contributed by atoms with Crippen LogP contribution in [0.25, 0.3) is 0 Å². The van der Waals surface area contributed by atoms with Crippen molar-refractivity contribution < 1.29 is 14.6 Å². The van der Waals surface area contributed by atoms with Gasteiger partial charge in [0.2, 0.25) is 0 Å². The molecule has 2 unspecified atom stereocenters. The molecule has 4 nitrogen and oxygen atoms in total. The fourth-order valence-corrected chi connectivity index (χ4v) is 1.58. The Balaban J connectivity index is 2.18. The van der Waals surface area contributed by atoms with E-state index in [9.17, 15) is 9.90 Å². The number of nitrogens with zero attached hydrogens (tertiary/aromatic N) is 1. The van der Waals surface area contributed by atoms with E-state index in [0.717, 1.165) is 6.42 Å². The van der Waals surface area contributed by atoms with E-state index in [1.165, 1.54) is 0 Å². The van der Waals surface area contributed by atoms with Gasteiger partial charge < -0.3 is 9.84 Å². The Morgan fingerprint density at radius 1 is 1.67 bits per heavy atom. The van der Waals surface area contributed by atoms with Crippen LogP contribution in [0.15, 0.2) is 12.2 Å². The average Bonchev–Trinajstić information content (AvgIpc) is 2.30. The highest BCUT2D eigenvalue weighted by molar-refractivity contribution is 5.70. The van der Waals surface area contributed by atoms with Crippen molar-refractivity contribution in [2.24, 2.45) is 0 Å². The molecule has 1 fully saturated rings. The molecule has 2 atom stereocenters. The normalized spacial score (nSPS) is 34.4. The van der Waals surface area contributed by atoms with Crippen LogP contribution < -0.4 is 0 Å². The lowest BCUT2D eigenvalue weighted by Gasteiger charge is -2.20. The smallest absolute Gasteiger partial charge is 0.410 e. The van der Waals surface area contributed by atoms with Crippen LogP contribution in [0.2, 0.25) is 0 Å². The van der Waals surface area contributed by atoms with Gasteiger partial charge in [-0.05, 0) is 6.42 Å². The zero-order valence-electron chi connectivity index (χ0n) is 6.64. The number of cyclic esters (lactones) is 1. The van der Waals surface area contributed by atoms with Gasteiger partial charge in [-0.1, -0.05) is 12.2 Å². The first-order valence-electron chi connectivity index (χ1n) is 4.07. The first-order chi connectivity index (χ1) is 5.79. The standard InChI is InChI=1S/C8H11NO3/c10-7-3-1-2-4-9-6(7)5-12-8(9)11/h1,3,6-7,10H,2,4-5H2. The highest BCUT2D eigenvalue weighted by atomic mass is 16.6. The van der Waals surface area contributed by atoms with Crippen molar-refractivity contribution in [3.8, 4) is 0 Å². The van der Waals surface area contributed by atoms with Crippen LogP contribution in [0, 0.1) is 0 Å². The summed E-state index contributed by atoms with van der Waals surface area (Å²) in [5.41, 5.74) is 0. The van der Waals surface area contributed by atoms with Crippen LogP contribution in [0.5, 0.6) is 0 Å². The molecule has 2 aliphatic rings. The number of aliphatic hydroxyl groups is 1. The number of aliphatic hydroxyl groups excluding tert-OH is 1. The van der Waals surface area contributed by atoms with Gasteiger partial charge in [-0.25, -0.2) is 4.79 Å². The molecule has 1 amide bonds. The number of hydrogen-bond donors (Lipinski definition) is 1. The maximum Gasteiger partial charge on any atom is 0.410 e. The SMILES string of the molecule is O=C1OCC2C(O)C=CCCN12. The molecule has 0 bridgehead atoms. The molecule has 1 saturated heterocycles. The van der Waals surface area contributed by atoms with E-state index in [2.05, 4.69) is 0 Å². The molecule has 0 aromatic heterocycles. The molecule has 2 heterocycles. The van der Waals surface area contributed by atoms with Crippen molar-refractivity contribution in [2.75, 3.05) is 13.2 Å². The van der Waals surface area contributed by atoms with Gasteiger partial charge in [-0.3, -0.25) is 4.90 Å². The molecular formula is C8H11NO3. The number of carbonyl (C=O) groups excluding carboxylic acids is 1. The van der Waals surface area contributed by atoms with E-state index < -0.39 is 6.10 Å². The third-order valence-corrected chi connectivity index (χ3v) is 2.28. The molecular weight excluding hydrogens is 158 g/mol. The monoisotopic (exact) mass is 169 g/mol. The zero-order valence-corrected chi connectivity index (χ0v) is 6.64. The maximum atomic E-state index is 11.1. The summed E-state index contributed by atoms with van der Waals surface area (Å²) in [7, 11) is 0. The summed E-state index contributed by atoms with van der Waals surface area (Å²) in [6, 6.07) is -0.170. The zero-order chi connectivity index (χ0) is 8.55. The Morgan fingerprint density at radius 3 is 3.33 bits per heavy atom. The third-order valence-electron chi connectivity index (χ3n) is 2.28. The predicted molar refractivity (Wildman–Crippen MR) is 41.6 cm³/mol. The highest BCUT2D eigenvalue weighted by Crippen LogP contribution is 2.19. The summed E-state index contributed by atoms with van der Waals surface area (Å²) in [6.07, 6.45) is 3.55. The summed E-state index contributed by atoms with van der Waals surface area (Å²) in [6.45, 7) is 0.960. The number of ether oxygens (including phenoxy) is 1. The lowest BCUT2D eigenvalue weighted by atomic mass is 10.1. The summed E-state index contributed by atoms with van der Waals surface area (Å²) in [5, 5.41) is 9.52. The Labute approximate surface area is 70.4 Å². The molecule has 0 radical (unpaired) electrons. The Bertz CT molecular complexity index is 226. The van der Waals surface area contributed by atoms with E-state index in [1.54, 1.807) is 11.0 Å². The lowest BCUT2D eigenvalue weighted by molar-refractivity contribution is 0.126. The number of fused-ring (bicyclic) bond motifs is 1. The number of rotatable bonds is 0. The number of hydrogen-bond acceptors (Lipinski definition) is 3. The first kappa shape index (κ1) is 7.61. The van der Waals surface area contributed by atoms with Crippen LogP contribution in [-0.4, -0.2) is 41.4 Å². The van der Waals surface area contributed by atoms with Crippen molar-refractivity contribution >= 4 is 6.09 Å². The van der Waals surface area contributed by atoms with Gasteiger partial charge >= 0.3 is 6.09 Å².